The van der Waals surface area contributed by atoms with Crippen LogP contribution in [0.5, 0.6) is 0 Å². The number of carbonyl (C=O) groups is 1. The number of aliphatic carboxylic acids is 1. The number of fused-ring (bicyclic) bond motifs is 1. The van der Waals surface area contributed by atoms with E-state index >= 15 is 0 Å². The van der Waals surface area contributed by atoms with Gasteiger partial charge in [0.15, 0.2) is 0 Å². The number of likely N-dealkylation sites (tertiary alicyclic amines) is 1. The molecule has 1 aliphatic heterocycles. The van der Waals surface area contributed by atoms with Crippen molar-refractivity contribution in [1.82, 2.24) is 4.90 Å². The van der Waals surface area contributed by atoms with E-state index in [4.69, 9.17) is 5.11 Å². The Labute approximate surface area is 124 Å². The molecule has 0 amide bonds. The molecule has 1 aromatic rings. The zero-order valence-electron chi connectivity index (χ0n) is 12.0. The largest absolute Gasteiger partial charge is 0.478 e. The van der Waals surface area contributed by atoms with Gasteiger partial charge in [0, 0.05) is 31.3 Å². The number of carboxylic acids is 1. The molecule has 1 aromatic carbocycles. The molecule has 1 saturated carbocycles. The number of carboxylic acid groups (broad SMARTS) is 1. The Kier molecular flexibility index (Phi) is 4.06. The lowest BCUT2D eigenvalue weighted by Crippen LogP contribution is -2.21. The van der Waals surface area contributed by atoms with Crippen LogP contribution in [0.25, 0.3) is 6.08 Å². The predicted molar refractivity (Wildman–Crippen MR) is 79.2 cm³/mol. The zero-order valence-corrected chi connectivity index (χ0v) is 12.0. The minimum Gasteiger partial charge on any atom is -0.478 e. The van der Waals surface area contributed by atoms with Gasteiger partial charge in [-0.3, -0.25) is 4.90 Å². The third-order valence-electron chi connectivity index (χ3n) is 4.67. The van der Waals surface area contributed by atoms with Gasteiger partial charge in [-0.2, -0.15) is 0 Å². The molecule has 0 spiro atoms. The van der Waals surface area contributed by atoms with Gasteiger partial charge in [-0.05, 0) is 48.4 Å². The van der Waals surface area contributed by atoms with Crippen molar-refractivity contribution in [3.63, 3.8) is 0 Å². The Morgan fingerprint density at radius 3 is 2.71 bits per heavy atom. The van der Waals surface area contributed by atoms with Crippen molar-refractivity contribution < 1.29 is 14.3 Å². The Morgan fingerprint density at radius 2 is 2.05 bits per heavy atom. The van der Waals surface area contributed by atoms with Gasteiger partial charge >= 0.3 is 5.97 Å². The van der Waals surface area contributed by atoms with E-state index < -0.39 is 5.97 Å². The molecular formula is C17H20FNO2. The quantitative estimate of drug-likeness (QED) is 0.866. The molecule has 2 atom stereocenters. The van der Waals surface area contributed by atoms with Crippen molar-refractivity contribution in [3.05, 3.63) is 41.2 Å². The van der Waals surface area contributed by atoms with Gasteiger partial charge in [0.05, 0.1) is 0 Å². The maximum atomic E-state index is 13.7. The van der Waals surface area contributed by atoms with Crippen LogP contribution in [0.3, 0.4) is 0 Å². The first kappa shape index (κ1) is 14.3. The van der Waals surface area contributed by atoms with Gasteiger partial charge in [-0.15, -0.1) is 0 Å². The van der Waals surface area contributed by atoms with Crippen LogP contribution in [0.4, 0.5) is 4.39 Å². The molecule has 0 radical (unpaired) electrons. The summed E-state index contributed by atoms with van der Waals surface area (Å²) in [5.41, 5.74) is 1.38. The SMILES string of the molecule is O=C(O)/C=C/c1cc(CN2CC3CCCC3C2)ccc1F. The molecule has 1 saturated heterocycles. The smallest absolute Gasteiger partial charge is 0.328 e. The average Bonchev–Trinajstić information content (AvgIpc) is 3.00. The highest BCUT2D eigenvalue weighted by atomic mass is 19.1. The van der Waals surface area contributed by atoms with E-state index in [1.54, 1.807) is 12.1 Å². The van der Waals surface area contributed by atoms with Crippen molar-refractivity contribution in [2.75, 3.05) is 13.1 Å². The van der Waals surface area contributed by atoms with E-state index in [1.165, 1.54) is 31.4 Å². The maximum Gasteiger partial charge on any atom is 0.328 e. The first-order valence-electron chi connectivity index (χ1n) is 7.53. The van der Waals surface area contributed by atoms with E-state index in [-0.39, 0.29) is 5.82 Å². The third kappa shape index (κ3) is 3.32. The molecule has 0 aromatic heterocycles. The Bertz CT molecular complexity index is 558. The van der Waals surface area contributed by atoms with Crippen LogP contribution in [0, 0.1) is 17.7 Å². The molecule has 3 rings (SSSR count). The van der Waals surface area contributed by atoms with Crippen LogP contribution < -0.4 is 0 Å². The van der Waals surface area contributed by atoms with Crippen molar-refractivity contribution in [2.24, 2.45) is 11.8 Å². The van der Waals surface area contributed by atoms with Crippen LogP contribution in [0.15, 0.2) is 24.3 Å². The maximum absolute atomic E-state index is 13.7. The number of benzene rings is 1. The summed E-state index contributed by atoms with van der Waals surface area (Å²) in [6.45, 7) is 3.10. The van der Waals surface area contributed by atoms with Crippen LogP contribution >= 0.6 is 0 Å². The molecule has 112 valence electrons. The average molecular weight is 289 g/mol. The van der Waals surface area contributed by atoms with Crippen molar-refractivity contribution in [1.29, 1.82) is 0 Å². The van der Waals surface area contributed by atoms with Gasteiger partial charge in [0.25, 0.3) is 0 Å². The van der Waals surface area contributed by atoms with Crippen molar-refractivity contribution in [3.8, 4) is 0 Å². The summed E-state index contributed by atoms with van der Waals surface area (Å²) < 4.78 is 13.7. The lowest BCUT2D eigenvalue weighted by molar-refractivity contribution is -0.131. The molecule has 21 heavy (non-hydrogen) atoms. The second-order valence-electron chi connectivity index (χ2n) is 6.17. The van der Waals surface area contributed by atoms with E-state index in [0.29, 0.717) is 5.56 Å². The van der Waals surface area contributed by atoms with Gasteiger partial charge in [0.1, 0.15) is 5.82 Å². The summed E-state index contributed by atoms with van der Waals surface area (Å²) in [5.74, 6) is 0.246. The minimum absolute atomic E-state index is 0.342. The summed E-state index contributed by atoms with van der Waals surface area (Å²) in [7, 11) is 0. The van der Waals surface area contributed by atoms with Gasteiger partial charge in [0.2, 0.25) is 0 Å². The molecule has 4 heteroatoms. The fraction of sp³-hybridized carbons (Fsp3) is 0.471. The number of halogens is 1. The van der Waals surface area contributed by atoms with E-state index in [0.717, 1.165) is 43.1 Å². The molecule has 2 unspecified atom stereocenters. The molecule has 1 N–H and O–H groups in total. The van der Waals surface area contributed by atoms with Crippen LogP contribution in [-0.2, 0) is 11.3 Å². The monoisotopic (exact) mass is 289 g/mol. The van der Waals surface area contributed by atoms with Gasteiger partial charge in [-0.25, -0.2) is 9.18 Å². The number of hydrogen-bond donors (Lipinski definition) is 1. The fourth-order valence-electron chi connectivity index (χ4n) is 3.70. The standard InChI is InChI=1S/C17H20FNO2/c18-16-6-4-12(8-13(16)5-7-17(20)21)9-19-10-14-2-1-3-15(14)11-19/h4-8,14-15H,1-3,9-11H2,(H,20,21)/b7-5+. The van der Waals surface area contributed by atoms with Gasteiger partial charge in [-0.1, -0.05) is 12.5 Å². The first-order valence-corrected chi connectivity index (χ1v) is 7.53. The Morgan fingerprint density at radius 1 is 1.33 bits per heavy atom. The molecule has 3 nitrogen and oxygen atoms in total. The third-order valence-corrected chi connectivity index (χ3v) is 4.67. The molecule has 1 heterocycles. The summed E-state index contributed by atoms with van der Waals surface area (Å²) in [6.07, 6.45) is 6.35. The first-order chi connectivity index (χ1) is 10.1. The van der Waals surface area contributed by atoms with Crippen LogP contribution in [0.2, 0.25) is 0 Å². The summed E-state index contributed by atoms with van der Waals surface area (Å²) in [4.78, 5) is 13.0. The topological polar surface area (TPSA) is 40.5 Å². The second-order valence-corrected chi connectivity index (χ2v) is 6.17. The van der Waals surface area contributed by atoms with Gasteiger partial charge < -0.3 is 5.11 Å². The highest BCUT2D eigenvalue weighted by Crippen LogP contribution is 2.38. The molecular weight excluding hydrogens is 269 g/mol. The Balaban J connectivity index is 1.68. The Hall–Kier alpha value is -1.68. The van der Waals surface area contributed by atoms with E-state index in [1.807, 2.05) is 0 Å². The summed E-state index contributed by atoms with van der Waals surface area (Å²) in [6, 6.07) is 4.97. The summed E-state index contributed by atoms with van der Waals surface area (Å²) >= 11 is 0. The van der Waals surface area contributed by atoms with Crippen molar-refractivity contribution in [2.45, 2.75) is 25.8 Å². The minimum atomic E-state index is -1.06. The van der Waals surface area contributed by atoms with Crippen molar-refractivity contribution >= 4 is 12.0 Å². The van der Waals surface area contributed by atoms with E-state index in [2.05, 4.69) is 4.90 Å². The predicted octanol–water partition coefficient (Wildman–Crippen LogP) is 3.16. The van der Waals surface area contributed by atoms with Crippen LogP contribution in [0.1, 0.15) is 30.4 Å². The fourth-order valence-corrected chi connectivity index (χ4v) is 3.70. The lowest BCUT2D eigenvalue weighted by atomic mass is 10.0. The zero-order chi connectivity index (χ0) is 14.8. The highest BCUT2D eigenvalue weighted by molar-refractivity contribution is 5.85. The molecule has 2 fully saturated rings. The van der Waals surface area contributed by atoms with Crippen LogP contribution in [-0.4, -0.2) is 29.1 Å². The lowest BCUT2D eigenvalue weighted by Gasteiger charge is -2.17. The highest BCUT2D eigenvalue weighted by Gasteiger charge is 2.35. The number of hydrogen-bond acceptors (Lipinski definition) is 2. The molecule has 1 aliphatic carbocycles. The molecule has 0 bridgehead atoms. The summed E-state index contributed by atoms with van der Waals surface area (Å²) in [5, 5.41) is 8.64. The normalized spacial score (nSPS) is 25.6. The second kappa shape index (κ2) is 5.98. The van der Waals surface area contributed by atoms with E-state index in [9.17, 15) is 9.18 Å². The molecule has 2 aliphatic rings. The number of nitrogens with zero attached hydrogens (tertiary/aromatic N) is 1. The number of rotatable bonds is 4.